The molecule has 1 amide bonds. The molecule has 2 nitrogen and oxygen atoms in total. The fourth-order valence-electron chi connectivity index (χ4n) is 2.07. The SMILES string of the molecule is CC1C=CC(C)(C(=O)Nc2ccccc2)CC1. The Bertz CT molecular complexity index is 424. The van der Waals surface area contributed by atoms with E-state index in [2.05, 4.69) is 24.4 Å². The van der Waals surface area contributed by atoms with Crippen molar-refractivity contribution in [3.05, 3.63) is 42.5 Å². The van der Waals surface area contributed by atoms with Crippen molar-refractivity contribution in [1.82, 2.24) is 0 Å². The number of anilines is 1. The molecule has 90 valence electrons. The Hall–Kier alpha value is -1.57. The minimum atomic E-state index is -0.359. The summed E-state index contributed by atoms with van der Waals surface area (Å²) in [5.74, 6) is 0.680. The number of allylic oxidation sites excluding steroid dienone is 1. The molecule has 2 unspecified atom stereocenters. The predicted octanol–water partition coefficient (Wildman–Crippen LogP) is 3.62. The molecule has 2 heteroatoms. The third-order valence-corrected chi connectivity index (χ3v) is 3.46. The van der Waals surface area contributed by atoms with Crippen LogP contribution in [0.2, 0.25) is 0 Å². The standard InChI is InChI=1S/C15H19NO/c1-12-8-10-15(2,11-9-12)14(17)16-13-6-4-3-5-7-13/h3-8,10,12H,9,11H2,1-2H3,(H,16,17). The number of hydrogen-bond donors (Lipinski definition) is 1. The van der Waals surface area contributed by atoms with Gasteiger partial charge >= 0.3 is 0 Å². The van der Waals surface area contributed by atoms with Crippen molar-refractivity contribution in [1.29, 1.82) is 0 Å². The molecule has 1 aliphatic rings. The summed E-state index contributed by atoms with van der Waals surface area (Å²) in [5.41, 5.74) is 0.508. The molecule has 0 saturated heterocycles. The Labute approximate surface area is 103 Å². The van der Waals surface area contributed by atoms with Crippen LogP contribution in [0.15, 0.2) is 42.5 Å². The molecule has 0 spiro atoms. The van der Waals surface area contributed by atoms with E-state index in [0.717, 1.165) is 18.5 Å². The summed E-state index contributed by atoms with van der Waals surface area (Å²) >= 11 is 0. The first-order valence-electron chi connectivity index (χ1n) is 6.16. The van der Waals surface area contributed by atoms with Crippen LogP contribution in [-0.2, 0) is 4.79 Å². The Morgan fingerprint density at radius 2 is 2.06 bits per heavy atom. The van der Waals surface area contributed by atoms with E-state index in [1.54, 1.807) is 0 Å². The highest BCUT2D eigenvalue weighted by molar-refractivity contribution is 5.96. The van der Waals surface area contributed by atoms with E-state index in [4.69, 9.17) is 0 Å². The van der Waals surface area contributed by atoms with Gasteiger partial charge in [0.25, 0.3) is 0 Å². The molecule has 0 fully saturated rings. The van der Waals surface area contributed by atoms with Gasteiger partial charge in [0.2, 0.25) is 5.91 Å². The van der Waals surface area contributed by atoms with Crippen LogP contribution in [0, 0.1) is 11.3 Å². The summed E-state index contributed by atoms with van der Waals surface area (Å²) in [4.78, 5) is 12.2. The van der Waals surface area contributed by atoms with Crippen LogP contribution < -0.4 is 5.32 Å². The van der Waals surface area contributed by atoms with E-state index in [0.29, 0.717) is 5.92 Å². The van der Waals surface area contributed by atoms with Gasteiger partial charge in [-0.25, -0.2) is 0 Å². The van der Waals surface area contributed by atoms with Crippen LogP contribution in [-0.4, -0.2) is 5.91 Å². The molecular weight excluding hydrogens is 210 g/mol. The summed E-state index contributed by atoms with van der Waals surface area (Å²) in [6.07, 6.45) is 6.20. The zero-order valence-electron chi connectivity index (χ0n) is 10.4. The molecular formula is C15H19NO. The Balaban J connectivity index is 2.08. The number of carbonyl (C=O) groups excluding carboxylic acids is 1. The van der Waals surface area contributed by atoms with Gasteiger partial charge in [0.05, 0.1) is 5.41 Å². The van der Waals surface area contributed by atoms with Gasteiger partial charge in [-0.15, -0.1) is 0 Å². The number of nitrogens with one attached hydrogen (secondary N) is 1. The van der Waals surface area contributed by atoms with Crippen molar-refractivity contribution >= 4 is 11.6 Å². The van der Waals surface area contributed by atoms with Crippen molar-refractivity contribution in [3.63, 3.8) is 0 Å². The molecule has 1 N–H and O–H groups in total. The number of rotatable bonds is 2. The fraction of sp³-hybridized carbons (Fsp3) is 0.400. The largest absolute Gasteiger partial charge is 0.325 e. The van der Waals surface area contributed by atoms with E-state index < -0.39 is 0 Å². The van der Waals surface area contributed by atoms with E-state index in [1.165, 1.54) is 0 Å². The zero-order valence-corrected chi connectivity index (χ0v) is 10.4. The maximum Gasteiger partial charge on any atom is 0.234 e. The second kappa shape index (κ2) is 4.74. The number of amides is 1. The van der Waals surface area contributed by atoms with Crippen LogP contribution in [0.5, 0.6) is 0 Å². The summed E-state index contributed by atoms with van der Waals surface area (Å²) < 4.78 is 0. The average molecular weight is 229 g/mol. The molecule has 17 heavy (non-hydrogen) atoms. The third-order valence-electron chi connectivity index (χ3n) is 3.46. The normalized spacial score (nSPS) is 27.8. The lowest BCUT2D eigenvalue weighted by Crippen LogP contribution is -2.33. The number of para-hydroxylation sites is 1. The number of hydrogen-bond acceptors (Lipinski definition) is 1. The van der Waals surface area contributed by atoms with Crippen molar-refractivity contribution < 1.29 is 4.79 Å². The van der Waals surface area contributed by atoms with Gasteiger partial charge in [0.15, 0.2) is 0 Å². The molecule has 0 saturated carbocycles. The second-order valence-electron chi connectivity index (χ2n) is 5.11. The van der Waals surface area contributed by atoms with Crippen LogP contribution >= 0.6 is 0 Å². The maximum atomic E-state index is 12.2. The van der Waals surface area contributed by atoms with E-state index in [9.17, 15) is 4.79 Å². The van der Waals surface area contributed by atoms with E-state index >= 15 is 0 Å². The van der Waals surface area contributed by atoms with Gasteiger partial charge in [-0.05, 0) is 37.8 Å². The molecule has 2 atom stereocenters. The monoisotopic (exact) mass is 229 g/mol. The molecule has 0 aliphatic heterocycles. The van der Waals surface area contributed by atoms with E-state index in [-0.39, 0.29) is 11.3 Å². The lowest BCUT2D eigenvalue weighted by molar-refractivity contribution is -0.123. The van der Waals surface area contributed by atoms with Gasteiger partial charge in [-0.3, -0.25) is 4.79 Å². The maximum absolute atomic E-state index is 12.2. The van der Waals surface area contributed by atoms with Crippen LogP contribution in [0.4, 0.5) is 5.69 Å². The van der Waals surface area contributed by atoms with Crippen LogP contribution in [0.3, 0.4) is 0 Å². The lowest BCUT2D eigenvalue weighted by atomic mass is 9.77. The first kappa shape index (κ1) is 11.9. The van der Waals surface area contributed by atoms with Gasteiger partial charge in [0.1, 0.15) is 0 Å². The lowest BCUT2D eigenvalue weighted by Gasteiger charge is -2.29. The van der Waals surface area contributed by atoms with Crippen molar-refractivity contribution in [3.8, 4) is 0 Å². The Morgan fingerprint density at radius 3 is 2.65 bits per heavy atom. The summed E-state index contributed by atoms with van der Waals surface area (Å²) in [6, 6.07) is 9.62. The van der Waals surface area contributed by atoms with Crippen molar-refractivity contribution in [2.75, 3.05) is 5.32 Å². The summed E-state index contributed by atoms with van der Waals surface area (Å²) in [5, 5.41) is 2.98. The van der Waals surface area contributed by atoms with Gasteiger partial charge < -0.3 is 5.32 Å². The molecule has 0 radical (unpaired) electrons. The molecule has 0 aromatic heterocycles. The highest BCUT2D eigenvalue weighted by Gasteiger charge is 2.32. The van der Waals surface area contributed by atoms with Crippen molar-refractivity contribution in [2.24, 2.45) is 11.3 Å². The Morgan fingerprint density at radius 1 is 1.35 bits per heavy atom. The van der Waals surface area contributed by atoms with Gasteiger partial charge in [0, 0.05) is 5.69 Å². The number of benzene rings is 1. The molecule has 0 heterocycles. The quantitative estimate of drug-likeness (QED) is 0.771. The minimum Gasteiger partial charge on any atom is -0.325 e. The smallest absolute Gasteiger partial charge is 0.234 e. The summed E-state index contributed by atoms with van der Waals surface area (Å²) in [6.45, 7) is 4.19. The van der Waals surface area contributed by atoms with E-state index in [1.807, 2.05) is 37.3 Å². The second-order valence-corrected chi connectivity index (χ2v) is 5.11. The topological polar surface area (TPSA) is 29.1 Å². The molecule has 1 aromatic carbocycles. The number of carbonyl (C=O) groups is 1. The molecule has 0 bridgehead atoms. The van der Waals surface area contributed by atoms with Gasteiger partial charge in [-0.1, -0.05) is 37.3 Å². The summed E-state index contributed by atoms with van der Waals surface area (Å²) in [7, 11) is 0. The highest BCUT2D eigenvalue weighted by atomic mass is 16.2. The first-order valence-corrected chi connectivity index (χ1v) is 6.16. The van der Waals surface area contributed by atoms with Gasteiger partial charge in [-0.2, -0.15) is 0 Å². The zero-order chi connectivity index (χ0) is 12.3. The Kier molecular flexibility index (Phi) is 3.32. The average Bonchev–Trinajstić information content (AvgIpc) is 2.34. The highest BCUT2D eigenvalue weighted by Crippen LogP contribution is 2.33. The third kappa shape index (κ3) is 2.76. The predicted molar refractivity (Wildman–Crippen MR) is 70.7 cm³/mol. The fourth-order valence-corrected chi connectivity index (χ4v) is 2.07. The molecule has 1 aromatic rings. The first-order chi connectivity index (χ1) is 8.10. The minimum absolute atomic E-state index is 0.0897. The molecule has 2 rings (SSSR count). The molecule has 1 aliphatic carbocycles. The van der Waals surface area contributed by atoms with Crippen LogP contribution in [0.1, 0.15) is 26.7 Å². The van der Waals surface area contributed by atoms with Crippen molar-refractivity contribution in [2.45, 2.75) is 26.7 Å². The van der Waals surface area contributed by atoms with Crippen LogP contribution in [0.25, 0.3) is 0 Å².